The fraction of sp³-hybridized carbons (Fsp3) is 0.429. The predicted octanol–water partition coefficient (Wildman–Crippen LogP) is 3.30. The second-order valence-electron chi connectivity index (χ2n) is 4.98. The van der Waals surface area contributed by atoms with E-state index in [1.165, 1.54) is 22.8 Å². The van der Waals surface area contributed by atoms with Crippen molar-refractivity contribution in [1.82, 2.24) is 10.1 Å². The minimum absolute atomic E-state index is 0.120. The lowest BCUT2D eigenvalue weighted by molar-refractivity contribution is 0.359. The van der Waals surface area contributed by atoms with Crippen LogP contribution >= 0.6 is 23.5 Å². The zero-order chi connectivity index (χ0) is 13.4. The molecule has 20 heavy (non-hydrogen) atoms. The van der Waals surface area contributed by atoms with Crippen LogP contribution < -0.4 is 5.32 Å². The van der Waals surface area contributed by atoms with Crippen molar-refractivity contribution >= 4 is 29.2 Å². The van der Waals surface area contributed by atoms with E-state index >= 15 is 0 Å². The Morgan fingerprint density at radius 2 is 2.20 bits per heavy atom. The molecule has 6 heteroatoms. The van der Waals surface area contributed by atoms with E-state index in [0.717, 1.165) is 18.0 Å². The average molecular weight is 305 g/mol. The van der Waals surface area contributed by atoms with Gasteiger partial charge in [0.25, 0.3) is 0 Å². The maximum Gasteiger partial charge on any atom is 0.249 e. The normalized spacial score (nSPS) is 25.2. The van der Waals surface area contributed by atoms with Gasteiger partial charge in [0.1, 0.15) is 6.04 Å². The number of anilines is 1. The van der Waals surface area contributed by atoms with E-state index in [2.05, 4.69) is 33.7 Å². The first-order valence-corrected chi connectivity index (χ1v) is 8.98. The molecule has 2 unspecified atom stereocenters. The predicted molar refractivity (Wildman–Crippen MR) is 83.3 cm³/mol. The molecule has 1 N–H and O–H groups in total. The lowest BCUT2D eigenvalue weighted by Crippen LogP contribution is -2.09. The van der Waals surface area contributed by atoms with Crippen LogP contribution in [0.3, 0.4) is 0 Å². The SMILES string of the molecule is c1ccc2c(c1)CC(c1nc(C3CSCCS3)no1)N2. The molecule has 0 bridgehead atoms. The third-order valence-electron chi connectivity index (χ3n) is 3.63. The molecule has 0 spiro atoms. The third kappa shape index (κ3) is 2.31. The molecule has 0 saturated carbocycles. The minimum atomic E-state index is 0.120. The van der Waals surface area contributed by atoms with E-state index in [9.17, 15) is 0 Å². The summed E-state index contributed by atoms with van der Waals surface area (Å²) < 4.78 is 5.49. The zero-order valence-electron chi connectivity index (χ0n) is 10.9. The average Bonchev–Trinajstić information content (AvgIpc) is 3.14. The van der Waals surface area contributed by atoms with Crippen LogP contribution in [0, 0.1) is 0 Å². The van der Waals surface area contributed by atoms with Gasteiger partial charge in [-0.25, -0.2) is 0 Å². The second kappa shape index (κ2) is 5.33. The second-order valence-corrected chi connectivity index (χ2v) is 7.44. The molecule has 4 nitrogen and oxygen atoms in total. The van der Waals surface area contributed by atoms with Crippen molar-refractivity contribution in [3.05, 3.63) is 41.5 Å². The quantitative estimate of drug-likeness (QED) is 0.919. The number of hydrogen-bond donors (Lipinski definition) is 1. The highest BCUT2D eigenvalue weighted by atomic mass is 32.2. The minimum Gasteiger partial charge on any atom is -0.373 e. The van der Waals surface area contributed by atoms with E-state index in [1.807, 2.05) is 29.6 Å². The number of fused-ring (bicyclic) bond motifs is 1. The summed E-state index contributed by atoms with van der Waals surface area (Å²) >= 11 is 3.90. The Labute approximate surface area is 126 Å². The summed E-state index contributed by atoms with van der Waals surface area (Å²) in [4.78, 5) is 4.62. The number of thioether (sulfide) groups is 2. The van der Waals surface area contributed by atoms with Gasteiger partial charge < -0.3 is 9.84 Å². The van der Waals surface area contributed by atoms with Crippen LogP contribution in [0.4, 0.5) is 5.69 Å². The maximum absolute atomic E-state index is 5.49. The number of hydrogen-bond acceptors (Lipinski definition) is 6. The number of nitrogens with one attached hydrogen (secondary N) is 1. The summed E-state index contributed by atoms with van der Waals surface area (Å²) in [7, 11) is 0. The maximum atomic E-state index is 5.49. The van der Waals surface area contributed by atoms with E-state index < -0.39 is 0 Å². The molecule has 1 aromatic carbocycles. The lowest BCUT2D eigenvalue weighted by atomic mass is 10.1. The van der Waals surface area contributed by atoms with Gasteiger partial charge in [-0.15, -0.1) is 11.8 Å². The molecule has 1 aromatic heterocycles. The number of rotatable bonds is 2. The van der Waals surface area contributed by atoms with E-state index in [-0.39, 0.29) is 6.04 Å². The van der Waals surface area contributed by atoms with Crippen molar-refractivity contribution in [3.8, 4) is 0 Å². The summed E-state index contributed by atoms with van der Waals surface area (Å²) in [6.07, 6.45) is 0.921. The van der Waals surface area contributed by atoms with Crippen LogP contribution in [0.25, 0.3) is 0 Å². The van der Waals surface area contributed by atoms with Gasteiger partial charge in [0.15, 0.2) is 5.82 Å². The van der Waals surface area contributed by atoms with Gasteiger partial charge in [-0.05, 0) is 11.6 Å². The molecule has 0 aliphatic carbocycles. The number of aromatic nitrogens is 2. The summed E-state index contributed by atoms with van der Waals surface area (Å²) in [6.45, 7) is 0. The van der Waals surface area contributed by atoms with Crippen LogP contribution in [0.5, 0.6) is 0 Å². The zero-order valence-corrected chi connectivity index (χ0v) is 12.5. The highest BCUT2D eigenvalue weighted by molar-refractivity contribution is 8.06. The van der Waals surface area contributed by atoms with Crippen LogP contribution in [0.15, 0.2) is 28.8 Å². The molecule has 2 atom stereocenters. The highest BCUT2D eigenvalue weighted by Gasteiger charge is 2.28. The molecule has 1 fully saturated rings. The van der Waals surface area contributed by atoms with E-state index in [0.29, 0.717) is 11.1 Å². The monoisotopic (exact) mass is 305 g/mol. The van der Waals surface area contributed by atoms with Crippen LogP contribution in [0.1, 0.15) is 28.6 Å². The van der Waals surface area contributed by atoms with Gasteiger partial charge in [-0.2, -0.15) is 16.7 Å². The van der Waals surface area contributed by atoms with Gasteiger partial charge in [0, 0.05) is 29.4 Å². The molecular formula is C14H15N3OS2. The summed E-state index contributed by atoms with van der Waals surface area (Å²) in [5, 5.41) is 8.03. The van der Waals surface area contributed by atoms with Crippen LogP contribution in [-0.4, -0.2) is 27.4 Å². The lowest BCUT2D eigenvalue weighted by Gasteiger charge is -2.17. The van der Waals surface area contributed by atoms with Crippen molar-refractivity contribution in [2.75, 3.05) is 22.6 Å². The number of nitrogens with zero attached hydrogens (tertiary/aromatic N) is 2. The number of para-hydroxylation sites is 1. The van der Waals surface area contributed by atoms with Gasteiger partial charge in [0.2, 0.25) is 5.89 Å². The van der Waals surface area contributed by atoms with Crippen molar-refractivity contribution < 1.29 is 4.52 Å². The highest BCUT2D eigenvalue weighted by Crippen LogP contribution is 2.37. The molecule has 2 aliphatic heterocycles. The first kappa shape index (κ1) is 12.6. The third-order valence-corrected chi connectivity index (χ3v) is 6.38. The summed E-state index contributed by atoms with van der Waals surface area (Å²) in [6, 6.07) is 8.48. The van der Waals surface area contributed by atoms with Crippen molar-refractivity contribution in [2.45, 2.75) is 17.7 Å². The first-order chi connectivity index (χ1) is 9.90. The Balaban J connectivity index is 1.52. The smallest absolute Gasteiger partial charge is 0.249 e. The molecule has 3 heterocycles. The van der Waals surface area contributed by atoms with Crippen molar-refractivity contribution in [2.24, 2.45) is 0 Å². The fourth-order valence-electron chi connectivity index (χ4n) is 2.60. The molecule has 0 amide bonds. The van der Waals surface area contributed by atoms with Crippen LogP contribution in [0.2, 0.25) is 0 Å². The topological polar surface area (TPSA) is 51.0 Å². The Morgan fingerprint density at radius 3 is 3.05 bits per heavy atom. The van der Waals surface area contributed by atoms with Crippen molar-refractivity contribution in [3.63, 3.8) is 0 Å². The molecular weight excluding hydrogens is 290 g/mol. The summed E-state index contributed by atoms with van der Waals surface area (Å²) in [5.74, 6) is 5.06. The van der Waals surface area contributed by atoms with Gasteiger partial charge in [-0.3, -0.25) is 0 Å². The van der Waals surface area contributed by atoms with Gasteiger partial charge in [0.05, 0.1) is 5.25 Å². The Morgan fingerprint density at radius 1 is 1.25 bits per heavy atom. The Kier molecular flexibility index (Phi) is 3.36. The largest absolute Gasteiger partial charge is 0.373 e. The Bertz CT molecular complexity index is 585. The van der Waals surface area contributed by atoms with Gasteiger partial charge in [-0.1, -0.05) is 23.4 Å². The molecule has 2 aliphatic rings. The number of benzene rings is 1. The standard InChI is InChI=1S/C14H15N3OS2/c1-2-4-10-9(3-1)7-11(15-10)14-16-13(17-18-14)12-8-19-5-6-20-12/h1-4,11-12,15H,5-8H2. The first-order valence-electron chi connectivity index (χ1n) is 6.77. The summed E-state index contributed by atoms with van der Waals surface area (Å²) in [5.41, 5.74) is 2.50. The van der Waals surface area contributed by atoms with E-state index in [1.54, 1.807) is 0 Å². The molecule has 4 rings (SSSR count). The van der Waals surface area contributed by atoms with Gasteiger partial charge >= 0.3 is 0 Å². The molecule has 1 saturated heterocycles. The van der Waals surface area contributed by atoms with Crippen molar-refractivity contribution in [1.29, 1.82) is 0 Å². The van der Waals surface area contributed by atoms with Crippen LogP contribution in [-0.2, 0) is 6.42 Å². The molecule has 2 aromatic rings. The molecule has 104 valence electrons. The molecule has 0 radical (unpaired) electrons. The van der Waals surface area contributed by atoms with E-state index in [4.69, 9.17) is 4.52 Å². The fourth-order valence-corrected chi connectivity index (χ4v) is 5.19. The Hall–Kier alpha value is -1.14.